The zero-order valence-electron chi connectivity index (χ0n) is 12.8. The van der Waals surface area contributed by atoms with Crippen LogP contribution in [0.25, 0.3) is 10.6 Å². The molecule has 2 aliphatic heterocycles. The summed E-state index contributed by atoms with van der Waals surface area (Å²) in [6.07, 6.45) is 2.46. The number of fused-ring (bicyclic) bond motifs is 1. The minimum Gasteiger partial charge on any atom is -0.454 e. The van der Waals surface area contributed by atoms with Gasteiger partial charge in [-0.15, -0.1) is 11.3 Å². The number of aromatic nitrogens is 1. The maximum atomic E-state index is 12.1. The summed E-state index contributed by atoms with van der Waals surface area (Å²) in [7, 11) is 0. The second-order valence-electron chi connectivity index (χ2n) is 5.45. The van der Waals surface area contributed by atoms with Crippen molar-refractivity contribution in [2.75, 3.05) is 13.4 Å². The van der Waals surface area contributed by atoms with Crippen molar-refractivity contribution >= 4 is 17.2 Å². The Balaban J connectivity index is 1.41. The number of hydrogen-bond acceptors (Lipinski definition) is 7. The number of amides is 1. The highest BCUT2D eigenvalue weighted by atomic mass is 32.1. The van der Waals surface area contributed by atoms with Crippen LogP contribution in [-0.2, 0) is 9.57 Å². The van der Waals surface area contributed by atoms with E-state index in [4.69, 9.17) is 19.0 Å². The van der Waals surface area contributed by atoms with E-state index < -0.39 is 0 Å². The lowest BCUT2D eigenvalue weighted by Crippen LogP contribution is -2.33. The largest absolute Gasteiger partial charge is 0.454 e. The molecular weight excluding hydrogens is 332 g/mol. The number of thiazole rings is 1. The van der Waals surface area contributed by atoms with Gasteiger partial charge in [-0.25, -0.2) is 15.3 Å². The third-order valence-corrected chi connectivity index (χ3v) is 4.67. The van der Waals surface area contributed by atoms with Gasteiger partial charge in [0.2, 0.25) is 6.79 Å². The van der Waals surface area contributed by atoms with E-state index in [9.17, 15) is 4.79 Å². The van der Waals surface area contributed by atoms with Crippen LogP contribution >= 0.6 is 11.3 Å². The summed E-state index contributed by atoms with van der Waals surface area (Å²) < 4.78 is 16.1. The van der Waals surface area contributed by atoms with Crippen molar-refractivity contribution in [1.29, 1.82) is 0 Å². The van der Waals surface area contributed by atoms with E-state index in [-0.39, 0.29) is 19.0 Å². The van der Waals surface area contributed by atoms with Crippen molar-refractivity contribution in [2.45, 2.75) is 25.6 Å². The van der Waals surface area contributed by atoms with E-state index in [2.05, 4.69) is 10.5 Å². The van der Waals surface area contributed by atoms with Crippen LogP contribution in [-0.4, -0.2) is 30.6 Å². The van der Waals surface area contributed by atoms with Crippen LogP contribution in [0.5, 0.6) is 11.5 Å². The molecule has 0 saturated carbocycles. The van der Waals surface area contributed by atoms with Crippen LogP contribution in [0.1, 0.15) is 29.8 Å². The Morgan fingerprint density at radius 2 is 2.21 bits per heavy atom. The van der Waals surface area contributed by atoms with Crippen molar-refractivity contribution in [3.63, 3.8) is 0 Å². The average Bonchev–Trinajstić information content (AvgIpc) is 3.29. The van der Waals surface area contributed by atoms with Crippen molar-refractivity contribution in [3.8, 4) is 22.1 Å². The van der Waals surface area contributed by atoms with Gasteiger partial charge in [0.1, 0.15) is 10.7 Å². The normalized spacial score (nSPS) is 19.2. The fraction of sp³-hybridized carbons (Fsp3) is 0.375. The van der Waals surface area contributed by atoms with E-state index in [1.807, 2.05) is 18.2 Å². The van der Waals surface area contributed by atoms with Crippen LogP contribution in [0.3, 0.4) is 0 Å². The quantitative estimate of drug-likeness (QED) is 0.856. The number of rotatable bonds is 4. The average molecular weight is 348 g/mol. The van der Waals surface area contributed by atoms with Crippen molar-refractivity contribution in [1.82, 2.24) is 10.5 Å². The van der Waals surface area contributed by atoms with Crippen molar-refractivity contribution in [2.24, 2.45) is 0 Å². The molecule has 2 aliphatic rings. The van der Waals surface area contributed by atoms with Gasteiger partial charge in [-0.3, -0.25) is 4.79 Å². The lowest BCUT2D eigenvalue weighted by molar-refractivity contribution is -0.186. The maximum Gasteiger partial charge on any atom is 0.294 e. The molecule has 0 aliphatic carbocycles. The van der Waals surface area contributed by atoms with Gasteiger partial charge in [-0.1, -0.05) is 0 Å². The van der Waals surface area contributed by atoms with Gasteiger partial charge in [0.05, 0.1) is 0 Å². The maximum absolute atomic E-state index is 12.1. The van der Waals surface area contributed by atoms with Crippen LogP contribution in [0.2, 0.25) is 0 Å². The summed E-state index contributed by atoms with van der Waals surface area (Å²) in [6, 6.07) is 5.58. The number of hydroxylamine groups is 1. The fourth-order valence-corrected chi connectivity index (χ4v) is 3.31. The minimum atomic E-state index is -0.382. The summed E-state index contributed by atoms with van der Waals surface area (Å²) in [6.45, 7) is 0.885. The molecular formula is C16H16N2O5S. The Bertz CT molecular complexity index is 742. The molecule has 1 atom stereocenters. The predicted molar refractivity (Wildman–Crippen MR) is 85.8 cm³/mol. The monoisotopic (exact) mass is 348 g/mol. The first-order valence-electron chi connectivity index (χ1n) is 7.73. The summed E-state index contributed by atoms with van der Waals surface area (Å²) in [5, 5.41) is 2.42. The third kappa shape index (κ3) is 3.21. The first kappa shape index (κ1) is 15.4. The van der Waals surface area contributed by atoms with E-state index in [0.717, 1.165) is 29.8 Å². The first-order chi connectivity index (χ1) is 11.8. The van der Waals surface area contributed by atoms with E-state index in [1.54, 1.807) is 5.38 Å². The molecule has 0 bridgehead atoms. The molecule has 126 valence electrons. The molecule has 24 heavy (non-hydrogen) atoms. The molecule has 0 spiro atoms. The molecule has 3 heterocycles. The molecule has 1 saturated heterocycles. The Hall–Kier alpha value is -2.16. The summed E-state index contributed by atoms with van der Waals surface area (Å²) in [5.41, 5.74) is 3.59. The lowest BCUT2D eigenvalue weighted by atomic mass is 10.2. The Morgan fingerprint density at radius 1 is 1.29 bits per heavy atom. The highest BCUT2D eigenvalue weighted by Crippen LogP contribution is 2.36. The van der Waals surface area contributed by atoms with Gasteiger partial charge in [0.25, 0.3) is 5.91 Å². The zero-order chi connectivity index (χ0) is 16.4. The van der Waals surface area contributed by atoms with Crippen LogP contribution in [0.15, 0.2) is 23.6 Å². The van der Waals surface area contributed by atoms with Gasteiger partial charge < -0.3 is 14.2 Å². The highest BCUT2D eigenvalue weighted by Gasteiger charge is 2.19. The number of carbonyl (C=O) groups excluding carboxylic acids is 1. The Kier molecular flexibility index (Phi) is 4.33. The van der Waals surface area contributed by atoms with Gasteiger partial charge >= 0.3 is 0 Å². The number of carbonyl (C=O) groups is 1. The summed E-state index contributed by atoms with van der Waals surface area (Å²) in [4.78, 5) is 21.8. The third-order valence-electron chi connectivity index (χ3n) is 3.78. The first-order valence-corrected chi connectivity index (χ1v) is 8.61. The highest BCUT2D eigenvalue weighted by molar-refractivity contribution is 7.13. The summed E-state index contributed by atoms with van der Waals surface area (Å²) in [5.74, 6) is 1.02. The molecule has 4 rings (SSSR count). The van der Waals surface area contributed by atoms with Crippen LogP contribution in [0.4, 0.5) is 0 Å². The van der Waals surface area contributed by atoms with Crippen LogP contribution < -0.4 is 15.0 Å². The zero-order valence-corrected chi connectivity index (χ0v) is 13.6. The Morgan fingerprint density at radius 3 is 3.08 bits per heavy atom. The van der Waals surface area contributed by atoms with Gasteiger partial charge in [-0.2, -0.15) is 0 Å². The molecule has 2 aromatic rings. The second kappa shape index (κ2) is 6.76. The van der Waals surface area contributed by atoms with Gasteiger partial charge in [-0.05, 0) is 31.0 Å². The van der Waals surface area contributed by atoms with Crippen LogP contribution in [0, 0.1) is 0 Å². The van der Waals surface area contributed by atoms with Gasteiger partial charge in [0.15, 0.2) is 17.8 Å². The molecule has 1 fully saturated rings. The smallest absolute Gasteiger partial charge is 0.294 e. The summed E-state index contributed by atoms with van der Waals surface area (Å²) >= 11 is 1.38. The minimum absolute atomic E-state index is 0.227. The van der Waals surface area contributed by atoms with Crippen molar-refractivity contribution < 1.29 is 23.8 Å². The number of nitrogens with one attached hydrogen (secondary N) is 1. The second-order valence-corrected chi connectivity index (χ2v) is 6.31. The molecule has 0 unspecified atom stereocenters. The topological polar surface area (TPSA) is 78.9 Å². The molecule has 1 amide bonds. The molecule has 1 N–H and O–H groups in total. The predicted octanol–water partition coefficient (Wildman–Crippen LogP) is 2.73. The molecule has 1 aromatic heterocycles. The SMILES string of the molecule is O=C(NO[C@@H]1CCCCO1)c1csc(-c2ccc3c(c2)OCO3)n1. The molecule has 0 radical (unpaired) electrons. The van der Waals surface area contributed by atoms with E-state index in [0.29, 0.717) is 23.8 Å². The molecule has 1 aromatic carbocycles. The van der Waals surface area contributed by atoms with E-state index in [1.165, 1.54) is 11.3 Å². The van der Waals surface area contributed by atoms with Gasteiger partial charge in [0, 0.05) is 24.0 Å². The molecule has 7 nitrogen and oxygen atoms in total. The molecule has 8 heteroatoms. The number of benzene rings is 1. The standard InChI is InChI=1S/C16H16N2O5S/c19-15(18-23-14-3-1-2-6-20-14)11-8-24-16(17-11)10-4-5-12-13(7-10)22-9-21-12/h4-5,7-8,14H,1-3,6,9H2,(H,18,19)/t14-/m1/s1. The lowest BCUT2D eigenvalue weighted by Gasteiger charge is -2.21. The number of hydrogen-bond donors (Lipinski definition) is 1. The number of ether oxygens (including phenoxy) is 3. The fourth-order valence-electron chi connectivity index (χ4n) is 2.52. The van der Waals surface area contributed by atoms with E-state index >= 15 is 0 Å². The Labute approximate surface area is 142 Å². The van der Waals surface area contributed by atoms with Crippen molar-refractivity contribution in [3.05, 3.63) is 29.3 Å². The number of nitrogens with zero attached hydrogens (tertiary/aromatic N) is 1.